The molecule has 1 heterocycles. The molecule has 7 heteroatoms. The first-order valence-corrected chi connectivity index (χ1v) is 7.85. The molecule has 1 aliphatic heterocycles. The minimum absolute atomic E-state index is 0.0800. The van der Waals surface area contributed by atoms with Crippen LogP contribution < -0.4 is 4.72 Å². The first-order valence-electron chi connectivity index (χ1n) is 5.82. The van der Waals surface area contributed by atoms with Crippen molar-refractivity contribution < 1.29 is 13.2 Å². The molecule has 1 unspecified atom stereocenters. The van der Waals surface area contributed by atoms with Crippen LogP contribution in [0.2, 0.25) is 5.02 Å². The van der Waals surface area contributed by atoms with Crippen LogP contribution in [0.15, 0.2) is 18.2 Å². The van der Waals surface area contributed by atoms with Gasteiger partial charge in [-0.3, -0.25) is 4.72 Å². The van der Waals surface area contributed by atoms with Crippen molar-refractivity contribution in [2.24, 2.45) is 0 Å². The summed E-state index contributed by atoms with van der Waals surface area (Å²) in [5, 5.41) is 8.92. The van der Waals surface area contributed by atoms with Crippen LogP contribution in [-0.4, -0.2) is 26.9 Å². The number of sulfonamides is 1. The number of nitriles is 1. The molecule has 0 amide bonds. The highest BCUT2D eigenvalue weighted by molar-refractivity contribution is 7.92. The van der Waals surface area contributed by atoms with Crippen LogP contribution in [0.4, 0.5) is 5.69 Å². The third-order valence-corrected chi connectivity index (χ3v) is 4.45. The second-order valence-electron chi connectivity index (χ2n) is 4.32. The van der Waals surface area contributed by atoms with E-state index in [0.29, 0.717) is 12.2 Å². The molecule has 1 atom stereocenters. The van der Waals surface area contributed by atoms with E-state index in [1.54, 1.807) is 0 Å². The zero-order valence-electron chi connectivity index (χ0n) is 10.1. The summed E-state index contributed by atoms with van der Waals surface area (Å²) < 4.78 is 31.6. The van der Waals surface area contributed by atoms with E-state index < -0.39 is 10.0 Å². The summed E-state index contributed by atoms with van der Waals surface area (Å²) >= 11 is 5.92. The van der Waals surface area contributed by atoms with E-state index in [-0.39, 0.29) is 22.6 Å². The normalized spacial score (nSPS) is 19.1. The highest BCUT2D eigenvalue weighted by Gasteiger charge is 2.23. The highest BCUT2D eigenvalue weighted by atomic mass is 35.5. The Balaban J connectivity index is 2.09. The van der Waals surface area contributed by atoms with Gasteiger partial charge >= 0.3 is 0 Å². The van der Waals surface area contributed by atoms with Crippen molar-refractivity contribution in [3.05, 3.63) is 28.8 Å². The van der Waals surface area contributed by atoms with E-state index in [1.807, 2.05) is 6.07 Å². The molecule has 0 bridgehead atoms. The molecule has 1 saturated heterocycles. The molecular weight excluding hydrogens is 288 g/mol. The first-order chi connectivity index (χ1) is 9.00. The topological polar surface area (TPSA) is 79.2 Å². The van der Waals surface area contributed by atoms with Crippen molar-refractivity contribution in [1.82, 2.24) is 0 Å². The van der Waals surface area contributed by atoms with Crippen LogP contribution in [0.3, 0.4) is 0 Å². The number of benzene rings is 1. The van der Waals surface area contributed by atoms with Crippen LogP contribution in [0.1, 0.15) is 18.4 Å². The summed E-state index contributed by atoms with van der Waals surface area (Å²) in [7, 11) is -3.50. The van der Waals surface area contributed by atoms with Gasteiger partial charge in [-0.15, -0.1) is 0 Å². The molecule has 0 radical (unpaired) electrons. The number of nitrogens with one attached hydrogen (secondary N) is 1. The fourth-order valence-electron chi connectivity index (χ4n) is 1.90. The Bertz CT molecular complexity index is 604. The molecule has 1 N–H and O–H groups in total. The Kier molecular flexibility index (Phi) is 4.30. The maximum Gasteiger partial charge on any atom is 0.235 e. The second kappa shape index (κ2) is 5.78. The smallest absolute Gasteiger partial charge is 0.235 e. The standard InChI is InChI=1S/C12H13ClN2O3S/c13-11-6-9(7-14)3-4-12(11)15-19(16,17)8-10-2-1-5-18-10/h3-4,6,10,15H,1-2,5,8H2. The maximum atomic E-state index is 11.9. The maximum absolute atomic E-state index is 11.9. The predicted molar refractivity (Wildman–Crippen MR) is 72.6 cm³/mol. The quantitative estimate of drug-likeness (QED) is 0.924. The summed E-state index contributed by atoms with van der Waals surface area (Å²) in [5.74, 6) is -0.0800. The largest absolute Gasteiger partial charge is 0.377 e. The van der Waals surface area contributed by atoms with Gasteiger partial charge in [0.05, 0.1) is 34.2 Å². The second-order valence-corrected chi connectivity index (χ2v) is 6.50. The van der Waals surface area contributed by atoms with Crippen molar-refractivity contribution in [1.29, 1.82) is 5.26 Å². The van der Waals surface area contributed by atoms with Gasteiger partial charge in [-0.25, -0.2) is 8.42 Å². The van der Waals surface area contributed by atoms with E-state index in [4.69, 9.17) is 21.6 Å². The lowest BCUT2D eigenvalue weighted by Gasteiger charge is -2.13. The number of hydrogen-bond acceptors (Lipinski definition) is 4. The number of nitrogens with zero attached hydrogens (tertiary/aromatic N) is 1. The molecule has 0 aliphatic carbocycles. The molecule has 5 nitrogen and oxygen atoms in total. The van der Waals surface area contributed by atoms with Crippen molar-refractivity contribution in [3.8, 4) is 6.07 Å². The van der Waals surface area contributed by atoms with Gasteiger partial charge in [0.15, 0.2) is 0 Å². The van der Waals surface area contributed by atoms with Crippen LogP contribution >= 0.6 is 11.6 Å². The predicted octanol–water partition coefficient (Wildman–Crippen LogP) is 2.13. The molecular formula is C12H13ClN2O3S. The third-order valence-electron chi connectivity index (χ3n) is 2.79. The Morgan fingerprint density at radius 2 is 2.32 bits per heavy atom. The summed E-state index contributed by atoms with van der Waals surface area (Å²) in [4.78, 5) is 0. The van der Waals surface area contributed by atoms with Crippen molar-refractivity contribution in [3.63, 3.8) is 0 Å². The Morgan fingerprint density at radius 3 is 2.89 bits per heavy atom. The molecule has 19 heavy (non-hydrogen) atoms. The Morgan fingerprint density at radius 1 is 1.53 bits per heavy atom. The lowest BCUT2D eigenvalue weighted by molar-refractivity contribution is 0.127. The molecule has 2 rings (SSSR count). The zero-order chi connectivity index (χ0) is 13.9. The minimum atomic E-state index is -3.50. The van der Waals surface area contributed by atoms with Gasteiger partial charge in [-0.1, -0.05) is 11.6 Å². The molecule has 0 aromatic heterocycles. The van der Waals surface area contributed by atoms with E-state index in [2.05, 4.69) is 4.72 Å². The monoisotopic (exact) mass is 300 g/mol. The van der Waals surface area contributed by atoms with E-state index in [0.717, 1.165) is 12.8 Å². The number of rotatable bonds is 4. The molecule has 1 aromatic carbocycles. The lowest BCUT2D eigenvalue weighted by Crippen LogP contribution is -2.25. The van der Waals surface area contributed by atoms with Crippen LogP contribution in [0.25, 0.3) is 0 Å². The van der Waals surface area contributed by atoms with E-state index >= 15 is 0 Å². The molecule has 1 fully saturated rings. The van der Waals surface area contributed by atoms with Gasteiger partial charge in [-0.05, 0) is 31.0 Å². The molecule has 102 valence electrons. The summed E-state index contributed by atoms with van der Waals surface area (Å²) in [5.41, 5.74) is 0.658. The van der Waals surface area contributed by atoms with Crippen LogP contribution in [0, 0.1) is 11.3 Å². The fraction of sp³-hybridized carbons (Fsp3) is 0.417. The average Bonchev–Trinajstić information content (AvgIpc) is 2.83. The van der Waals surface area contributed by atoms with Crippen LogP contribution in [0.5, 0.6) is 0 Å². The van der Waals surface area contributed by atoms with Gasteiger partial charge in [0.1, 0.15) is 0 Å². The Hall–Kier alpha value is -1.29. The molecule has 1 aliphatic rings. The third kappa shape index (κ3) is 3.83. The van der Waals surface area contributed by atoms with E-state index in [9.17, 15) is 8.42 Å². The van der Waals surface area contributed by atoms with Gasteiger partial charge in [0.25, 0.3) is 0 Å². The van der Waals surface area contributed by atoms with Crippen molar-refractivity contribution >= 4 is 27.3 Å². The van der Waals surface area contributed by atoms with Crippen molar-refractivity contribution in [2.45, 2.75) is 18.9 Å². The molecule has 1 aromatic rings. The summed E-state index contributed by atoms with van der Waals surface area (Å²) in [6, 6.07) is 6.35. The lowest BCUT2D eigenvalue weighted by atomic mass is 10.2. The van der Waals surface area contributed by atoms with Gasteiger partial charge < -0.3 is 4.74 Å². The molecule has 0 saturated carbocycles. The fourth-order valence-corrected chi connectivity index (χ4v) is 3.53. The first kappa shape index (κ1) is 14.1. The van der Waals surface area contributed by atoms with E-state index in [1.165, 1.54) is 18.2 Å². The molecule has 0 spiro atoms. The van der Waals surface area contributed by atoms with Gasteiger partial charge in [0, 0.05) is 6.61 Å². The SMILES string of the molecule is N#Cc1ccc(NS(=O)(=O)CC2CCCO2)c(Cl)c1. The minimum Gasteiger partial charge on any atom is -0.377 e. The van der Waals surface area contributed by atoms with Gasteiger partial charge in [-0.2, -0.15) is 5.26 Å². The number of hydrogen-bond donors (Lipinski definition) is 1. The van der Waals surface area contributed by atoms with Crippen molar-refractivity contribution in [2.75, 3.05) is 17.1 Å². The number of ether oxygens (including phenoxy) is 1. The highest BCUT2D eigenvalue weighted by Crippen LogP contribution is 2.24. The number of halogens is 1. The number of anilines is 1. The van der Waals surface area contributed by atoms with Crippen LogP contribution in [-0.2, 0) is 14.8 Å². The van der Waals surface area contributed by atoms with Gasteiger partial charge in [0.2, 0.25) is 10.0 Å². The zero-order valence-corrected chi connectivity index (χ0v) is 11.7. The summed E-state index contributed by atoms with van der Waals surface area (Å²) in [6.45, 7) is 0.609. The average molecular weight is 301 g/mol. The Labute approximate surface area is 117 Å². The summed E-state index contributed by atoms with van der Waals surface area (Å²) in [6.07, 6.45) is 1.38.